The zero-order valence-corrected chi connectivity index (χ0v) is 22.0. The highest BCUT2D eigenvalue weighted by atomic mass is 79.9. The van der Waals surface area contributed by atoms with Crippen LogP contribution >= 0.6 is 27.3 Å². The van der Waals surface area contributed by atoms with Crippen LogP contribution < -0.4 is 19.6 Å². The van der Waals surface area contributed by atoms with E-state index in [1.807, 2.05) is 29.7 Å². The van der Waals surface area contributed by atoms with Crippen LogP contribution in [0.4, 0.5) is 0 Å². The predicted molar refractivity (Wildman–Crippen MR) is 146 cm³/mol. The zero-order valence-electron chi connectivity index (χ0n) is 19.6. The quantitative estimate of drug-likeness (QED) is 0.375. The summed E-state index contributed by atoms with van der Waals surface area (Å²) in [4.78, 5) is 19.6. The molecule has 0 fully saturated rings. The Balaban J connectivity index is 1.58. The largest absolute Gasteiger partial charge is 0.504 e. The van der Waals surface area contributed by atoms with Crippen molar-refractivity contribution in [2.45, 2.75) is 25.8 Å². The molecule has 0 spiro atoms. The number of halogens is 1. The van der Waals surface area contributed by atoms with E-state index in [4.69, 9.17) is 9.73 Å². The maximum Gasteiger partial charge on any atom is 0.271 e. The average Bonchev–Trinajstić information content (AvgIpc) is 3.20. The molecule has 6 rings (SSSR count). The van der Waals surface area contributed by atoms with Gasteiger partial charge in [-0.05, 0) is 72.4 Å². The van der Waals surface area contributed by atoms with Crippen LogP contribution in [-0.4, -0.2) is 16.3 Å². The Hall–Kier alpha value is -3.42. The molecule has 1 aromatic heterocycles. The average molecular weight is 559 g/mol. The van der Waals surface area contributed by atoms with E-state index >= 15 is 0 Å². The Kier molecular flexibility index (Phi) is 5.90. The van der Waals surface area contributed by atoms with Gasteiger partial charge in [0, 0.05) is 10.0 Å². The smallest absolute Gasteiger partial charge is 0.271 e. The summed E-state index contributed by atoms with van der Waals surface area (Å²) in [6.45, 7) is 2.31. The fourth-order valence-corrected chi connectivity index (χ4v) is 6.28. The number of phenolic OH excluding ortho intramolecular Hbond substituents is 1. The fraction of sp³-hybridized carbons (Fsp3) is 0.172. The van der Waals surface area contributed by atoms with E-state index in [0.29, 0.717) is 21.7 Å². The first kappa shape index (κ1) is 23.0. The SMILES string of the molecule is CCOc1cc(/C=c2\sc3n(c2=O)[C@@H](c2ccc(Br)cc2)C2=C(N=3)c3ccccc3CC2)ccc1O. The number of rotatable bonds is 4. The van der Waals surface area contributed by atoms with Crippen molar-refractivity contribution in [1.82, 2.24) is 4.57 Å². The van der Waals surface area contributed by atoms with E-state index < -0.39 is 0 Å². The number of hydrogen-bond donors (Lipinski definition) is 1. The van der Waals surface area contributed by atoms with Gasteiger partial charge in [0.05, 0.1) is 22.9 Å². The highest BCUT2D eigenvalue weighted by Gasteiger charge is 2.32. The number of hydrogen-bond acceptors (Lipinski definition) is 5. The van der Waals surface area contributed by atoms with Crippen molar-refractivity contribution in [2.24, 2.45) is 4.99 Å². The van der Waals surface area contributed by atoms with Crippen molar-refractivity contribution in [2.75, 3.05) is 6.61 Å². The molecule has 0 saturated heterocycles. The number of nitrogens with zero attached hydrogens (tertiary/aromatic N) is 2. The molecule has 0 amide bonds. The summed E-state index contributed by atoms with van der Waals surface area (Å²) in [5.41, 5.74) is 6.40. The molecule has 36 heavy (non-hydrogen) atoms. The van der Waals surface area contributed by atoms with Crippen LogP contribution in [0.3, 0.4) is 0 Å². The third-order valence-electron chi connectivity index (χ3n) is 6.64. The number of benzene rings is 3. The lowest BCUT2D eigenvalue weighted by molar-refractivity contribution is 0.318. The molecule has 180 valence electrons. The van der Waals surface area contributed by atoms with Crippen molar-refractivity contribution in [3.05, 3.63) is 119 Å². The number of aromatic hydroxyl groups is 1. The molecule has 0 unspecified atom stereocenters. The molecular formula is C29H23BrN2O3S. The molecule has 7 heteroatoms. The van der Waals surface area contributed by atoms with Crippen LogP contribution in [-0.2, 0) is 6.42 Å². The number of aryl methyl sites for hydroxylation is 1. The van der Waals surface area contributed by atoms with Crippen molar-refractivity contribution in [1.29, 1.82) is 0 Å². The van der Waals surface area contributed by atoms with Gasteiger partial charge < -0.3 is 9.84 Å². The first-order chi connectivity index (χ1) is 17.5. The minimum absolute atomic E-state index is 0.0666. The first-order valence-corrected chi connectivity index (χ1v) is 13.5. The van der Waals surface area contributed by atoms with Gasteiger partial charge in [-0.1, -0.05) is 69.7 Å². The lowest BCUT2D eigenvalue weighted by atomic mass is 9.83. The van der Waals surface area contributed by atoms with E-state index in [2.05, 4.69) is 52.3 Å². The molecule has 0 radical (unpaired) electrons. The molecule has 0 bridgehead atoms. The zero-order chi connectivity index (χ0) is 24.8. The fourth-order valence-electron chi connectivity index (χ4n) is 5.01. The highest BCUT2D eigenvalue weighted by molar-refractivity contribution is 9.10. The molecule has 0 saturated carbocycles. The Morgan fingerprint density at radius 3 is 2.75 bits per heavy atom. The monoisotopic (exact) mass is 558 g/mol. The highest BCUT2D eigenvalue weighted by Crippen LogP contribution is 2.41. The van der Waals surface area contributed by atoms with Gasteiger partial charge >= 0.3 is 0 Å². The Bertz CT molecular complexity index is 1700. The molecular weight excluding hydrogens is 536 g/mol. The molecule has 2 heterocycles. The summed E-state index contributed by atoms with van der Waals surface area (Å²) in [6, 6.07) is 21.5. The van der Waals surface area contributed by atoms with Crippen LogP contribution in [0.25, 0.3) is 11.8 Å². The number of thiazole rings is 1. The van der Waals surface area contributed by atoms with Crippen LogP contribution in [0.5, 0.6) is 11.5 Å². The summed E-state index contributed by atoms with van der Waals surface area (Å²) in [6.07, 6.45) is 3.63. The summed E-state index contributed by atoms with van der Waals surface area (Å²) >= 11 is 4.93. The second-order valence-corrected chi connectivity index (χ2v) is 10.8. The minimum atomic E-state index is -0.210. The van der Waals surface area contributed by atoms with Crippen LogP contribution in [0.1, 0.15) is 41.6 Å². The number of aromatic nitrogens is 1. The molecule has 1 aliphatic carbocycles. The maximum absolute atomic E-state index is 13.8. The van der Waals surface area contributed by atoms with Gasteiger partial charge in [-0.15, -0.1) is 0 Å². The number of ether oxygens (including phenoxy) is 1. The lowest BCUT2D eigenvalue weighted by Crippen LogP contribution is -2.38. The summed E-state index contributed by atoms with van der Waals surface area (Å²) < 4.78 is 8.97. The van der Waals surface area contributed by atoms with Crippen molar-refractivity contribution >= 4 is 39.0 Å². The normalized spacial score (nSPS) is 16.7. The van der Waals surface area contributed by atoms with Crippen LogP contribution in [0.2, 0.25) is 0 Å². The van der Waals surface area contributed by atoms with Crippen LogP contribution in [0, 0.1) is 0 Å². The number of fused-ring (bicyclic) bond motifs is 3. The Labute approximate surface area is 220 Å². The molecule has 5 nitrogen and oxygen atoms in total. The van der Waals surface area contributed by atoms with Gasteiger partial charge in [0.15, 0.2) is 16.3 Å². The third kappa shape index (κ3) is 3.92. The second-order valence-electron chi connectivity index (χ2n) is 8.83. The first-order valence-electron chi connectivity index (χ1n) is 11.9. The van der Waals surface area contributed by atoms with Crippen molar-refractivity contribution < 1.29 is 9.84 Å². The van der Waals surface area contributed by atoms with Crippen LogP contribution in [0.15, 0.2) is 86.6 Å². The summed E-state index contributed by atoms with van der Waals surface area (Å²) in [5.74, 6) is 0.482. The molecule has 4 aromatic rings. The van der Waals surface area contributed by atoms with Gasteiger partial charge in [-0.2, -0.15) is 0 Å². The summed E-state index contributed by atoms with van der Waals surface area (Å²) in [7, 11) is 0. The standard InChI is InChI=1S/C29H23BrN2O3S/c1-2-35-24-15-17(7-14-23(24)33)16-25-28(34)32-27(19-8-11-20(30)12-9-19)22-13-10-18-5-3-4-6-21(18)26(22)31-29(32)36-25/h3-9,11-12,14-16,27,33H,2,10,13H2,1H3/b25-16-/t27-/m0/s1. The Morgan fingerprint density at radius 1 is 1.14 bits per heavy atom. The van der Waals surface area contributed by atoms with Crippen molar-refractivity contribution in [3.63, 3.8) is 0 Å². The lowest BCUT2D eigenvalue weighted by Gasteiger charge is -2.30. The molecule has 1 atom stereocenters. The molecule has 3 aromatic carbocycles. The van der Waals surface area contributed by atoms with E-state index in [1.54, 1.807) is 18.2 Å². The molecule has 2 aliphatic rings. The van der Waals surface area contributed by atoms with Gasteiger partial charge in [-0.25, -0.2) is 4.99 Å². The van der Waals surface area contributed by atoms with Gasteiger partial charge in [0.2, 0.25) is 0 Å². The molecule has 1 aliphatic heterocycles. The topological polar surface area (TPSA) is 63.8 Å². The summed E-state index contributed by atoms with van der Waals surface area (Å²) in [5, 5.41) is 10.1. The van der Waals surface area contributed by atoms with E-state index in [1.165, 1.54) is 22.5 Å². The van der Waals surface area contributed by atoms with Gasteiger partial charge in [0.25, 0.3) is 5.56 Å². The minimum Gasteiger partial charge on any atom is -0.504 e. The molecule has 1 N–H and O–H groups in total. The van der Waals surface area contributed by atoms with Gasteiger partial charge in [0.1, 0.15) is 0 Å². The van der Waals surface area contributed by atoms with Crippen molar-refractivity contribution in [3.8, 4) is 11.5 Å². The Morgan fingerprint density at radius 2 is 1.94 bits per heavy atom. The maximum atomic E-state index is 13.8. The number of allylic oxidation sites excluding steroid dienone is 1. The van der Waals surface area contributed by atoms with Gasteiger partial charge in [-0.3, -0.25) is 9.36 Å². The third-order valence-corrected chi connectivity index (χ3v) is 8.15. The predicted octanol–water partition coefficient (Wildman–Crippen LogP) is 5.19. The second kappa shape index (κ2) is 9.22. The van der Waals surface area contributed by atoms with E-state index in [0.717, 1.165) is 39.7 Å². The van der Waals surface area contributed by atoms with E-state index in [9.17, 15) is 9.90 Å². The van der Waals surface area contributed by atoms with E-state index in [-0.39, 0.29) is 17.4 Å². The number of phenols is 1.